The fraction of sp³-hybridized carbons (Fsp3) is 0.0435. The Kier molecular flexibility index (Phi) is 5.09. The number of hydrogen-bond acceptors (Lipinski definition) is 4. The fourth-order valence-corrected chi connectivity index (χ4v) is 4.03. The highest BCUT2D eigenvalue weighted by Crippen LogP contribution is 2.33. The molecule has 1 N–H and O–H groups in total. The lowest BCUT2D eigenvalue weighted by Crippen LogP contribution is -2.13. The van der Waals surface area contributed by atoms with Crippen LogP contribution in [0.4, 0.5) is 11.4 Å². The Bertz CT molecular complexity index is 1380. The average molecular weight is 415 g/mol. The zero-order valence-electron chi connectivity index (χ0n) is 16.0. The lowest BCUT2D eigenvalue weighted by Gasteiger charge is -2.13. The Morgan fingerprint density at radius 1 is 0.967 bits per heavy atom. The molecule has 30 heavy (non-hydrogen) atoms. The van der Waals surface area contributed by atoms with Crippen molar-refractivity contribution in [1.82, 2.24) is 4.98 Å². The maximum absolute atomic E-state index is 12.9. The second-order valence-electron chi connectivity index (χ2n) is 6.68. The zero-order chi connectivity index (χ0) is 21.1. The first-order valence-electron chi connectivity index (χ1n) is 9.08. The van der Waals surface area contributed by atoms with E-state index in [1.807, 2.05) is 13.0 Å². The van der Waals surface area contributed by atoms with E-state index in [0.29, 0.717) is 28.4 Å². The second-order valence-corrected chi connectivity index (χ2v) is 8.36. The van der Waals surface area contributed by atoms with Crippen molar-refractivity contribution in [2.45, 2.75) is 11.8 Å². The van der Waals surface area contributed by atoms with Crippen LogP contribution >= 0.6 is 0 Å². The Hall–Kier alpha value is -3.89. The quantitative estimate of drug-likeness (QED) is 0.425. The summed E-state index contributed by atoms with van der Waals surface area (Å²) in [7, 11) is -3.81. The molecule has 0 saturated heterocycles. The molecule has 1 heterocycles. The van der Waals surface area contributed by atoms with E-state index in [1.165, 1.54) is 0 Å². The molecular weight excluding hydrogens is 398 g/mol. The van der Waals surface area contributed by atoms with E-state index < -0.39 is 10.0 Å². The maximum Gasteiger partial charge on any atom is 0.261 e. The molecule has 0 aliphatic carbocycles. The minimum Gasteiger partial charge on any atom is -0.459 e. The van der Waals surface area contributed by atoms with Gasteiger partial charge in [-0.15, -0.1) is 0 Å². The number of rotatable bonds is 5. The van der Waals surface area contributed by atoms with E-state index in [2.05, 4.69) is 14.6 Å². The minimum atomic E-state index is -3.81. The molecule has 4 rings (SSSR count). The van der Waals surface area contributed by atoms with Gasteiger partial charge in [0.15, 0.2) is 5.69 Å². The number of benzene rings is 3. The lowest BCUT2D eigenvalue weighted by atomic mass is 10.2. The van der Waals surface area contributed by atoms with Gasteiger partial charge in [-0.1, -0.05) is 35.9 Å². The van der Waals surface area contributed by atoms with Crippen LogP contribution in [0, 0.1) is 13.5 Å². The van der Waals surface area contributed by atoms with Crippen LogP contribution in [-0.2, 0) is 10.0 Å². The summed E-state index contributed by atoms with van der Waals surface area (Å²) in [5, 5.41) is 0.720. The van der Waals surface area contributed by atoms with Gasteiger partial charge in [0.1, 0.15) is 11.5 Å². The van der Waals surface area contributed by atoms with E-state index in [9.17, 15) is 8.42 Å². The molecule has 0 amide bonds. The van der Waals surface area contributed by atoms with E-state index in [4.69, 9.17) is 11.3 Å². The first-order chi connectivity index (χ1) is 14.4. The summed E-state index contributed by atoms with van der Waals surface area (Å²) in [5.74, 6) is 0.915. The molecule has 0 aliphatic heterocycles. The lowest BCUT2D eigenvalue weighted by molar-refractivity contribution is 0.484. The number of pyridine rings is 1. The SMILES string of the molecule is [C-]#[N+]c1cccc(Oc2cc(NS(=O)(=O)c3ccc(C)cc3)c3ncccc3c2)c1. The molecule has 3 aromatic carbocycles. The van der Waals surface area contributed by atoms with Gasteiger partial charge in [-0.05, 0) is 43.3 Å². The molecule has 1 aromatic heterocycles. The molecule has 148 valence electrons. The highest BCUT2D eigenvalue weighted by Gasteiger charge is 2.17. The summed E-state index contributed by atoms with van der Waals surface area (Å²) < 4.78 is 34.3. The summed E-state index contributed by atoms with van der Waals surface area (Å²) in [4.78, 5) is 7.88. The third-order valence-corrected chi connectivity index (χ3v) is 5.82. The van der Waals surface area contributed by atoms with E-state index in [1.54, 1.807) is 72.9 Å². The summed E-state index contributed by atoms with van der Waals surface area (Å²) >= 11 is 0. The largest absolute Gasteiger partial charge is 0.459 e. The van der Waals surface area contributed by atoms with Crippen LogP contribution in [0.5, 0.6) is 11.5 Å². The predicted molar refractivity (Wildman–Crippen MR) is 117 cm³/mol. The number of hydrogen-bond donors (Lipinski definition) is 1. The van der Waals surface area contributed by atoms with Crippen molar-refractivity contribution in [1.29, 1.82) is 0 Å². The Labute approximate surface area is 174 Å². The van der Waals surface area contributed by atoms with Crippen molar-refractivity contribution >= 4 is 32.3 Å². The summed E-state index contributed by atoms with van der Waals surface area (Å²) in [6, 6.07) is 20.3. The number of ether oxygens (including phenoxy) is 1. The van der Waals surface area contributed by atoms with Gasteiger partial charge < -0.3 is 4.74 Å². The topological polar surface area (TPSA) is 72.7 Å². The summed E-state index contributed by atoms with van der Waals surface area (Å²) in [6.45, 7) is 9.03. The van der Waals surface area contributed by atoms with Gasteiger partial charge in [0.2, 0.25) is 0 Å². The van der Waals surface area contributed by atoms with E-state index in [-0.39, 0.29) is 4.90 Å². The van der Waals surface area contributed by atoms with Crippen molar-refractivity contribution < 1.29 is 13.2 Å². The van der Waals surface area contributed by atoms with Crippen LogP contribution in [-0.4, -0.2) is 13.4 Å². The molecule has 6 nitrogen and oxygen atoms in total. The van der Waals surface area contributed by atoms with Gasteiger partial charge in [-0.3, -0.25) is 9.71 Å². The van der Waals surface area contributed by atoms with Crippen molar-refractivity contribution in [3.05, 3.63) is 96.0 Å². The normalized spacial score (nSPS) is 11.1. The average Bonchev–Trinajstić information content (AvgIpc) is 2.74. The smallest absolute Gasteiger partial charge is 0.261 e. The van der Waals surface area contributed by atoms with Gasteiger partial charge in [0.05, 0.1) is 22.7 Å². The predicted octanol–water partition coefficient (Wildman–Crippen LogP) is 5.69. The molecule has 4 aromatic rings. The maximum atomic E-state index is 12.9. The highest BCUT2D eigenvalue weighted by molar-refractivity contribution is 7.92. The van der Waals surface area contributed by atoms with Gasteiger partial charge >= 0.3 is 0 Å². The molecule has 0 radical (unpaired) electrons. The molecule has 0 saturated carbocycles. The van der Waals surface area contributed by atoms with Crippen LogP contribution < -0.4 is 9.46 Å². The fourth-order valence-electron chi connectivity index (χ4n) is 2.98. The Balaban J connectivity index is 1.75. The Morgan fingerprint density at radius 2 is 1.77 bits per heavy atom. The number of nitrogens with zero attached hydrogens (tertiary/aromatic N) is 2. The standard InChI is InChI=1S/C23H17N3O3S/c1-16-8-10-21(11-9-16)30(27,28)26-22-15-20(13-17-5-4-12-25-23(17)22)29-19-7-3-6-18(14-19)24-2/h3-15,26H,1H3. The molecular formula is C23H17N3O3S. The molecule has 0 aliphatic rings. The van der Waals surface area contributed by atoms with Crippen LogP contribution in [0.25, 0.3) is 15.7 Å². The molecule has 0 atom stereocenters. The minimum absolute atomic E-state index is 0.160. The molecule has 0 spiro atoms. The first kappa shape index (κ1) is 19.4. The second kappa shape index (κ2) is 7.85. The van der Waals surface area contributed by atoms with E-state index in [0.717, 1.165) is 10.9 Å². The van der Waals surface area contributed by atoms with Gasteiger partial charge in [-0.25, -0.2) is 13.3 Å². The van der Waals surface area contributed by atoms with Crippen molar-refractivity contribution in [3.8, 4) is 11.5 Å². The highest BCUT2D eigenvalue weighted by atomic mass is 32.2. The third-order valence-electron chi connectivity index (χ3n) is 4.44. The van der Waals surface area contributed by atoms with Gasteiger partial charge in [0.25, 0.3) is 10.0 Å². The van der Waals surface area contributed by atoms with Crippen molar-refractivity contribution in [3.63, 3.8) is 0 Å². The number of nitrogens with one attached hydrogen (secondary N) is 1. The number of sulfonamides is 1. The molecule has 0 bridgehead atoms. The van der Waals surface area contributed by atoms with Crippen LogP contribution in [0.15, 0.2) is 83.9 Å². The van der Waals surface area contributed by atoms with Crippen LogP contribution in [0.3, 0.4) is 0 Å². The molecule has 0 unspecified atom stereocenters. The zero-order valence-corrected chi connectivity index (χ0v) is 16.8. The summed E-state index contributed by atoms with van der Waals surface area (Å²) in [5.41, 5.74) is 2.24. The number of aryl methyl sites for hydroxylation is 1. The first-order valence-corrected chi connectivity index (χ1v) is 10.6. The van der Waals surface area contributed by atoms with Crippen LogP contribution in [0.1, 0.15) is 5.56 Å². The van der Waals surface area contributed by atoms with Gasteiger partial charge in [0, 0.05) is 17.6 Å². The van der Waals surface area contributed by atoms with Crippen LogP contribution in [0.2, 0.25) is 0 Å². The van der Waals surface area contributed by atoms with Crippen molar-refractivity contribution in [2.24, 2.45) is 0 Å². The number of anilines is 1. The van der Waals surface area contributed by atoms with Crippen molar-refractivity contribution in [2.75, 3.05) is 4.72 Å². The number of fused-ring (bicyclic) bond motifs is 1. The van der Waals surface area contributed by atoms with Gasteiger partial charge in [-0.2, -0.15) is 0 Å². The number of aromatic nitrogens is 1. The Morgan fingerprint density at radius 3 is 2.53 bits per heavy atom. The molecule has 0 fully saturated rings. The monoisotopic (exact) mass is 415 g/mol. The van der Waals surface area contributed by atoms with E-state index >= 15 is 0 Å². The third kappa shape index (κ3) is 4.09. The molecule has 7 heteroatoms. The summed E-state index contributed by atoms with van der Waals surface area (Å²) in [6.07, 6.45) is 1.60.